The van der Waals surface area contributed by atoms with E-state index < -0.39 is 11.9 Å². The van der Waals surface area contributed by atoms with E-state index in [0.29, 0.717) is 17.9 Å². The van der Waals surface area contributed by atoms with Crippen LogP contribution in [0.15, 0.2) is 34.7 Å². The second-order valence-electron chi connectivity index (χ2n) is 4.89. The summed E-state index contributed by atoms with van der Waals surface area (Å²) >= 11 is 0. The number of carboxylic acids is 1. The number of nitrogens with zero attached hydrogens (tertiary/aromatic N) is 1. The molecule has 2 aromatic rings. The van der Waals surface area contributed by atoms with E-state index in [1.807, 2.05) is 25.1 Å². The zero-order chi connectivity index (χ0) is 16.1. The van der Waals surface area contributed by atoms with Crippen molar-refractivity contribution in [2.24, 2.45) is 0 Å². The number of benzene rings is 1. The second-order valence-corrected chi connectivity index (χ2v) is 4.89. The predicted octanol–water partition coefficient (Wildman–Crippen LogP) is 3.40. The van der Waals surface area contributed by atoms with Crippen molar-refractivity contribution in [1.29, 1.82) is 5.26 Å². The molecule has 0 aliphatic heterocycles. The smallest absolute Gasteiger partial charge is 0.371 e. The fourth-order valence-corrected chi connectivity index (χ4v) is 2.30. The van der Waals surface area contributed by atoms with E-state index >= 15 is 0 Å². The van der Waals surface area contributed by atoms with Crippen LogP contribution in [0.2, 0.25) is 0 Å². The molecule has 0 spiro atoms. The quantitative estimate of drug-likeness (QED) is 0.883. The first-order valence-electron chi connectivity index (χ1n) is 6.97. The molecular weight excluding hydrogens is 282 g/mol. The molecule has 1 heterocycles. The molecule has 1 unspecified atom stereocenters. The Morgan fingerprint density at radius 3 is 2.73 bits per heavy atom. The van der Waals surface area contributed by atoms with Crippen LogP contribution in [-0.4, -0.2) is 18.2 Å². The molecular formula is C17H17NO4. The van der Waals surface area contributed by atoms with Gasteiger partial charge >= 0.3 is 5.97 Å². The Morgan fingerprint density at radius 1 is 1.41 bits per heavy atom. The topological polar surface area (TPSA) is 83.5 Å². The van der Waals surface area contributed by atoms with Gasteiger partial charge in [0, 0.05) is 12.0 Å². The van der Waals surface area contributed by atoms with Crippen LogP contribution in [0.3, 0.4) is 0 Å². The van der Waals surface area contributed by atoms with E-state index in [-0.39, 0.29) is 5.76 Å². The number of aromatic carboxylic acids is 1. The standard InChI is InChI=1S/C17H17NO4/c1-3-11-4-6-15(21-2)14(8-11)12(10-18)9-13-5-7-16(22-13)17(19)20/h4-8,12H,3,9H2,1-2H3,(H,19,20). The Bertz CT molecular complexity index is 712. The second kappa shape index (κ2) is 6.81. The molecule has 1 N–H and O–H groups in total. The van der Waals surface area contributed by atoms with Crippen molar-refractivity contribution in [3.63, 3.8) is 0 Å². The lowest BCUT2D eigenvalue weighted by molar-refractivity contribution is 0.0660. The summed E-state index contributed by atoms with van der Waals surface area (Å²) in [4.78, 5) is 10.8. The molecule has 22 heavy (non-hydrogen) atoms. The molecule has 0 saturated carbocycles. The molecule has 2 rings (SSSR count). The third-order valence-corrected chi connectivity index (χ3v) is 3.51. The van der Waals surface area contributed by atoms with Gasteiger partial charge in [-0.1, -0.05) is 19.1 Å². The number of ether oxygens (including phenoxy) is 1. The minimum Gasteiger partial charge on any atom is -0.496 e. The van der Waals surface area contributed by atoms with Crippen molar-refractivity contribution in [3.05, 3.63) is 53.0 Å². The molecule has 1 aromatic carbocycles. The summed E-state index contributed by atoms with van der Waals surface area (Å²) in [7, 11) is 1.56. The van der Waals surface area contributed by atoms with E-state index in [1.54, 1.807) is 13.2 Å². The van der Waals surface area contributed by atoms with Gasteiger partial charge < -0.3 is 14.3 Å². The van der Waals surface area contributed by atoms with E-state index in [4.69, 9.17) is 14.3 Å². The summed E-state index contributed by atoms with van der Waals surface area (Å²) in [6.07, 6.45) is 1.16. The summed E-state index contributed by atoms with van der Waals surface area (Å²) in [6.45, 7) is 2.04. The van der Waals surface area contributed by atoms with Crippen LogP contribution in [0.5, 0.6) is 5.75 Å². The molecule has 0 fully saturated rings. The van der Waals surface area contributed by atoms with Gasteiger partial charge in [0.05, 0.1) is 19.1 Å². The Morgan fingerprint density at radius 2 is 2.18 bits per heavy atom. The molecule has 5 heteroatoms. The number of methoxy groups -OCH3 is 1. The highest BCUT2D eigenvalue weighted by Crippen LogP contribution is 2.30. The van der Waals surface area contributed by atoms with Crippen molar-refractivity contribution in [1.82, 2.24) is 0 Å². The van der Waals surface area contributed by atoms with Gasteiger partial charge in [-0.15, -0.1) is 0 Å². The van der Waals surface area contributed by atoms with E-state index in [0.717, 1.165) is 17.5 Å². The minimum absolute atomic E-state index is 0.124. The maximum absolute atomic E-state index is 10.8. The third-order valence-electron chi connectivity index (χ3n) is 3.51. The number of aryl methyl sites for hydroxylation is 1. The molecule has 0 saturated heterocycles. The fourth-order valence-electron chi connectivity index (χ4n) is 2.30. The third kappa shape index (κ3) is 3.29. The summed E-state index contributed by atoms with van der Waals surface area (Å²) in [5.41, 5.74) is 1.90. The molecule has 0 aliphatic rings. The van der Waals surface area contributed by atoms with Crippen LogP contribution in [0.25, 0.3) is 0 Å². The molecule has 5 nitrogen and oxygen atoms in total. The summed E-state index contributed by atoms with van der Waals surface area (Å²) in [6, 6.07) is 11.0. The highest BCUT2D eigenvalue weighted by atomic mass is 16.5. The van der Waals surface area contributed by atoms with Crippen LogP contribution < -0.4 is 4.74 Å². The zero-order valence-electron chi connectivity index (χ0n) is 12.5. The van der Waals surface area contributed by atoms with Gasteiger partial charge in [-0.05, 0) is 30.2 Å². The lowest BCUT2D eigenvalue weighted by Crippen LogP contribution is -2.03. The molecule has 114 valence electrons. The first-order valence-corrected chi connectivity index (χ1v) is 6.97. The Hall–Kier alpha value is -2.74. The summed E-state index contributed by atoms with van der Waals surface area (Å²) < 4.78 is 10.6. The molecule has 0 bridgehead atoms. The summed E-state index contributed by atoms with van der Waals surface area (Å²) in [5, 5.41) is 18.4. The van der Waals surface area contributed by atoms with Gasteiger partial charge in [-0.25, -0.2) is 4.79 Å². The molecule has 1 aromatic heterocycles. The summed E-state index contributed by atoms with van der Waals surface area (Å²) in [5.74, 6) is -0.595. The van der Waals surface area contributed by atoms with Gasteiger partial charge in [-0.3, -0.25) is 0 Å². The van der Waals surface area contributed by atoms with Crippen molar-refractivity contribution >= 4 is 5.97 Å². The van der Waals surface area contributed by atoms with E-state index in [9.17, 15) is 10.1 Å². The molecule has 0 amide bonds. The average Bonchev–Trinajstić information content (AvgIpc) is 3.01. The van der Waals surface area contributed by atoms with Crippen LogP contribution in [0.1, 0.15) is 40.3 Å². The maximum atomic E-state index is 10.8. The van der Waals surface area contributed by atoms with E-state index in [1.165, 1.54) is 6.07 Å². The molecule has 1 atom stereocenters. The highest BCUT2D eigenvalue weighted by molar-refractivity contribution is 5.84. The lowest BCUT2D eigenvalue weighted by Gasteiger charge is -2.14. The first-order chi connectivity index (χ1) is 10.6. The normalized spacial score (nSPS) is 11.7. The van der Waals surface area contributed by atoms with E-state index in [2.05, 4.69) is 6.07 Å². The highest BCUT2D eigenvalue weighted by Gasteiger charge is 2.19. The Balaban J connectivity index is 2.31. The predicted molar refractivity (Wildman–Crippen MR) is 80.1 cm³/mol. The van der Waals surface area contributed by atoms with Crippen molar-refractivity contribution in [3.8, 4) is 11.8 Å². The number of furan rings is 1. The van der Waals surface area contributed by atoms with Gasteiger partial charge in [-0.2, -0.15) is 5.26 Å². The number of hydrogen-bond donors (Lipinski definition) is 1. The number of hydrogen-bond acceptors (Lipinski definition) is 4. The average molecular weight is 299 g/mol. The fraction of sp³-hybridized carbons (Fsp3) is 0.294. The van der Waals surface area contributed by atoms with Gasteiger partial charge in [0.25, 0.3) is 0 Å². The Labute approximate surface area is 128 Å². The number of carbonyl (C=O) groups is 1. The number of carboxylic acid groups (broad SMARTS) is 1. The van der Waals surface area contributed by atoms with Crippen LogP contribution in [-0.2, 0) is 12.8 Å². The van der Waals surface area contributed by atoms with Crippen molar-refractivity contribution in [2.75, 3.05) is 7.11 Å². The van der Waals surface area contributed by atoms with Crippen LogP contribution in [0, 0.1) is 11.3 Å². The van der Waals surface area contributed by atoms with Crippen molar-refractivity contribution < 1.29 is 19.1 Å². The van der Waals surface area contributed by atoms with Gasteiger partial charge in [0.15, 0.2) is 0 Å². The Kier molecular flexibility index (Phi) is 4.84. The van der Waals surface area contributed by atoms with Gasteiger partial charge in [0.1, 0.15) is 11.5 Å². The minimum atomic E-state index is -1.12. The zero-order valence-corrected chi connectivity index (χ0v) is 12.5. The van der Waals surface area contributed by atoms with Crippen LogP contribution >= 0.6 is 0 Å². The molecule has 0 radical (unpaired) electrons. The number of nitriles is 1. The number of rotatable bonds is 6. The SMILES string of the molecule is CCc1ccc(OC)c(C(C#N)Cc2ccc(C(=O)O)o2)c1. The van der Waals surface area contributed by atoms with Crippen molar-refractivity contribution in [2.45, 2.75) is 25.7 Å². The maximum Gasteiger partial charge on any atom is 0.371 e. The lowest BCUT2D eigenvalue weighted by atomic mass is 9.93. The largest absolute Gasteiger partial charge is 0.496 e. The first kappa shape index (κ1) is 15.6. The van der Waals surface area contributed by atoms with Crippen LogP contribution in [0.4, 0.5) is 0 Å². The van der Waals surface area contributed by atoms with Gasteiger partial charge in [0.2, 0.25) is 5.76 Å². The monoisotopic (exact) mass is 299 g/mol. The molecule has 0 aliphatic carbocycles.